The number of hydrogen-bond acceptors (Lipinski definition) is 2. The molecule has 2 aromatic rings. The molecule has 0 aliphatic carbocycles. The quantitative estimate of drug-likeness (QED) is 0.945. The molecule has 0 radical (unpaired) electrons. The molecule has 21 heavy (non-hydrogen) atoms. The Morgan fingerprint density at radius 1 is 1.24 bits per heavy atom. The van der Waals surface area contributed by atoms with Gasteiger partial charge in [-0.05, 0) is 31.2 Å². The number of nitrogens with one attached hydrogen (secondary N) is 1. The number of benzene rings is 1. The lowest BCUT2D eigenvalue weighted by atomic mass is 10.1. The number of H-pyrrole nitrogens is 1. The molecule has 1 aromatic heterocycles. The Bertz CT molecular complexity index is 728. The summed E-state index contributed by atoms with van der Waals surface area (Å²) in [5, 5.41) is 0. The third-order valence-electron chi connectivity index (χ3n) is 3.33. The van der Waals surface area contributed by atoms with E-state index in [2.05, 4.69) is 4.98 Å². The largest absolute Gasteiger partial charge is 0.335 e. The van der Waals surface area contributed by atoms with E-state index in [1.807, 2.05) is 0 Å². The molecule has 0 aliphatic heterocycles. The second kappa shape index (κ2) is 5.87. The lowest BCUT2D eigenvalue weighted by Gasteiger charge is -2.25. The third-order valence-corrected chi connectivity index (χ3v) is 3.33. The SMILES string of the molecule is CC(c1cc(F)ccc1F)N(C)C(=O)c1cc[nH]c(=O)c1. The first-order chi connectivity index (χ1) is 9.90. The van der Waals surface area contributed by atoms with Gasteiger partial charge in [0.25, 0.3) is 5.91 Å². The average Bonchev–Trinajstić information content (AvgIpc) is 2.47. The van der Waals surface area contributed by atoms with E-state index >= 15 is 0 Å². The van der Waals surface area contributed by atoms with Crippen molar-refractivity contribution in [3.05, 3.63) is 69.6 Å². The van der Waals surface area contributed by atoms with Gasteiger partial charge in [-0.25, -0.2) is 8.78 Å². The van der Waals surface area contributed by atoms with Gasteiger partial charge >= 0.3 is 0 Å². The fourth-order valence-corrected chi connectivity index (χ4v) is 2.00. The summed E-state index contributed by atoms with van der Waals surface area (Å²) in [6.07, 6.45) is 1.36. The molecule has 1 amide bonds. The summed E-state index contributed by atoms with van der Waals surface area (Å²) in [6.45, 7) is 1.59. The number of hydrogen-bond donors (Lipinski definition) is 1. The molecular formula is C15H14F2N2O2. The smallest absolute Gasteiger partial charge is 0.254 e. The zero-order chi connectivity index (χ0) is 15.6. The van der Waals surface area contributed by atoms with Gasteiger partial charge in [-0.2, -0.15) is 0 Å². The van der Waals surface area contributed by atoms with Crippen molar-refractivity contribution in [1.82, 2.24) is 9.88 Å². The van der Waals surface area contributed by atoms with Gasteiger partial charge in [0.1, 0.15) is 11.6 Å². The number of nitrogens with zero attached hydrogens (tertiary/aromatic N) is 1. The minimum absolute atomic E-state index is 0.0793. The summed E-state index contributed by atoms with van der Waals surface area (Å²) >= 11 is 0. The van der Waals surface area contributed by atoms with Crippen molar-refractivity contribution >= 4 is 5.91 Å². The maximum Gasteiger partial charge on any atom is 0.254 e. The van der Waals surface area contributed by atoms with E-state index in [1.165, 1.54) is 24.2 Å². The van der Waals surface area contributed by atoms with Crippen LogP contribution in [-0.4, -0.2) is 22.8 Å². The molecule has 110 valence electrons. The van der Waals surface area contributed by atoms with Crippen LogP contribution in [0.3, 0.4) is 0 Å². The summed E-state index contributed by atoms with van der Waals surface area (Å²) < 4.78 is 27.0. The normalized spacial score (nSPS) is 12.0. The topological polar surface area (TPSA) is 53.2 Å². The number of aromatic nitrogens is 1. The Kier molecular flexibility index (Phi) is 4.16. The molecule has 4 nitrogen and oxygen atoms in total. The first-order valence-corrected chi connectivity index (χ1v) is 6.31. The van der Waals surface area contributed by atoms with E-state index < -0.39 is 29.1 Å². The van der Waals surface area contributed by atoms with Crippen LogP contribution in [0.15, 0.2) is 41.3 Å². The first kappa shape index (κ1) is 14.9. The van der Waals surface area contributed by atoms with Crippen molar-refractivity contribution in [3.8, 4) is 0 Å². The standard InChI is InChI=1S/C15H14F2N2O2/c1-9(12-8-11(16)3-4-13(12)17)19(2)15(21)10-5-6-18-14(20)7-10/h3-9H,1-2H3,(H,18,20). The second-order valence-electron chi connectivity index (χ2n) is 4.70. The van der Waals surface area contributed by atoms with Crippen LogP contribution in [0.25, 0.3) is 0 Å². The van der Waals surface area contributed by atoms with E-state index in [0.717, 1.165) is 24.3 Å². The van der Waals surface area contributed by atoms with Crippen molar-refractivity contribution in [3.63, 3.8) is 0 Å². The molecule has 0 bridgehead atoms. The zero-order valence-electron chi connectivity index (χ0n) is 11.6. The highest BCUT2D eigenvalue weighted by molar-refractivity contribution is 5.94. The highest BCUT2D eigenvalue weighted by atomic mass is 19.1. The molecule has 1 atom stereocenters. The summed E-state index contributed by atoms with van der Waals surface area (Å²) in [7, 11) is 1.47. The molecule has 0 saturated heterocycles. The predicted octanol–water partition coefficient (Wildman–Crippen LogP) is 2.49. The fourth-order valence-electron chi connectivity index (χ4n) is 2.00. The number of pyridine rings is 1. The fraction of sp³-hybridized carbons (Fsp3) is 0.200. The van der Waals surface area contributed by atoms with Crippen LogP contribution in [0.5, 0.6) is 0 Å². The molecule has 6 heteroatoms. The summed E-state index contributed by atoms with van der Waals surface area (Å²) in [6, 6.07) is 5.04. The molecule has 1 heterocycles. The Morgan fingerprint density at radius 3 is 2.62 bits per heavy atom. The lowest BCUT2D eigenvalue weighted by molar-refractivity contribution is 0.0740. The summed E-state index contributed by atoms with van der Waals surface area (Å²) in [5.74, 6) is -1.61. The summed E-state index contributed by atoms with van der Waals surface area (Å²) in [5.41, 5.74) is -0.139. The first-order valence-electron chi connectivity index (χ1n) is 6.31. The van der Waals surface area contributed by atoms with E-state index in [-0.39, 0.29) is 11.1 Å². The van der Waals surface area contributed by atoms with Crippen LogP contribution in [0.2, 0.25) is 0 Å². The Morgan fingerprint density at radius 2 is 1.95 bits per heavy atom. The minimum Gasteiger partial charge on any atom is -0.335 e. The predicted molar refractivity (Wildman–Crippen MR) is 73.9 cm³/mol. The van der Waals surface area contributed by atoms with Gasteiger partial charge in [0.05, 0.1) is 6.04 Å². The van der Waals surface area contributed by atoms with Crippen LogP contribution in [0.4, 0.5) is 8.78 Å². The van der Waals surface area contributed by atoms with Crippen LogP contribution in [0.1, 0.15) is 28.9 Å². The van der Waals surface area contributed by atoms with Gasteiger partial charge in [0.15, 0.2) is 0 Å². The van der Waals surface area contributed by atoms with Crippen molar-refractivity contribution < 1.29 is 13.6 Å². The number of amides is 1. The van der Waals surface area contributed by atoms with Crippen LogP contribution >= 0.6 is 0 Å². The molecule has 1 unspecified atom stereocenters. The van der Waals surface area contributed by atoms with E-state index in [9.17, 15) is 18.4 Å². The minimum atomic E-state index is -0.674. The van der Waals surface area contributed by atoms with E-state index in [1.54, 1.807) is 6.92 Å². The number of aromatic amines is 1. The Hall–Kier alpha value is -2.50. The van der Waals surface area contributed by atoms with Crippen molar-refractivity contribution in [2.75, 3.05) is 7.05 Å². The van der Waals surface area contributed by atoms with Gasteiger partial charge in [-0.3, -0.25) is 9.59 Å². The second-order valence-corrected chi connectivity index (χ2v) is 4.70. The van der Waals surface area contributed by atoms with Gasteiger partial charge in [0.2, 0.25) is 5.56 Å². The molecule has 0 spiro atoms. The molecule has 0 saturated carbocycles. The van der Waals surface area contributed by atoms with E-state index in [0.29, 0.717) is 0 Å². The third kappa shape index (κ3) is 3.16. The maximum absolute atomic E-state index is 13.8. The average molecular weight is 292 g/mol. The molecular weight excluding hydrogens is 278 g/mol. The van der Waals surface area contributed by atoms with Gasteiger partial charge in [-0.1, -0.05) is 0 Å². The molecule has 0 fully saturated rings. The number of carbonyl (C=O) groups excluding carboxylic acids is 1. The number of rotatable bonds is 3. The Labute approximate surface area is 120 Å². The summed E-state index contributed by atoms with van der Waals surface area (Å²) in [4.78, 5) is 27.1. The van der Waals surface area contributed by atoms with Gasteiger partial charge in [-0.15, -0.1) is 0 Å². The highest BCUT2D eigenvalue weighted by Crippen LogP contribution is 2.23. The van der Waals surface area contributed by atoms with Crippen molar-refractivity contribution in [1.29, 1.82) is 0 Å². The molecule has 1 N–H and O–H groups in total. The number of halogens is 2. The van der Waals surface area contributed by atoms with Crippen molar-refractivity contribution in [2.24, 2.45) is 0 Å². The monoisotopic (exact) mass is 292 g/mol. The number of carbonyl (C=O) groups is 1. The highest BCUT2D eigenvalue weighted by Gasteiger charge is 2.22. The molecule has 0 aliphatic rings. The Balaban J connectivity index is 2.30. The van der Waals surface area contributed by atoms with Crippen molar-refractivity contribution in [2.45, 2.75) is 13.0 Å². The molecule has 2 rings (SSSR count). The van der Waals surface area contributed by atoms with Crippen LogP contribution in [-0.2, 0) is 0 Å². The zero-order valence-corrected chi connectivity index (χ0v) is 11.6. The maximum atomic E-state index is 13.8. The van der Waals surface area contributed by atoms with Crippen LogP contribution < -0.4 is 5.56 Å². The van der Waals surface area contributed by atoms with Gasteiger partial charge < -0.3 is 9.88 Å². The lowest BCUT2D eigenvalue weighted by Crippen LogP contribution is -2.31. The molecule has 1 aromatic carbocycles. The van der Waals surface area contributed by atoms with Gasteiger partial charge in [0, 0.05) is 30.4 Å². The van der Waals surface area contributed by atoms with Crippen LogP contribution in [0, 0.1) is 11.6 Å². The van der Waals surface area contributed by atoms with E-state index in [4.69, 9.17) is 0 Å².